The molecule has 1 aliphatic rings. The van der Waals surface area contributed by atoms with E-state index in [9.17, 15) is 17.2 Å². The highest BCUT2D eigenvalue weighted by Crippen LogP contribution is 2.31. The summed E-state index contributed by atoms with van der Waals surface area (Å²) in [4.78, 5) is 0. The molecule has 0 atom stereocenters. The molecule has 3 rings (SSSR count). The third kappa shape index (κ3) is 6.12. The second kappa shape index (κ2) is 9.06. The fourth-order valence-electron chi connectivity index (χ4n) is 3.34. The van der Waals surface area contributed by atoms with Gasteiger partial charge in [0.15, 0.2) is 17.4 Å². The van der Waals surface area contributed by atoms with Gasteiger partial charge in [-0.15, -0.1) is 0 Å². The maximum Gasteiger partial charge on any atom is 0.229 e. The fraction of sp³-hybridized carbons (Fsp3) is 0.400. The fourth-order valence-corrected chi connectivity index (χ4v) is 3.89. The zero-order chi connectivity index (χ0) is 21.0. The van der Waals surface area contributed by atoms with Gasteiger partial charge < -0.3 is 15.8 Å². The van der Waals surface area contributed by atoms with Crippen molar-refractivity contribution in [2.45, 2.75) is 44.3 Å². The maximum atomic E-state index is 14.9. The summed E-state index contributed by atoms with van der Waals surface area (Å²) in [5.41, 5.74) is 6.43. The molecule has 0 aliphatic heterocycles. The Hall–Kier alpha value is -2.23. The van der Waals surface area contributed by atoms with E-state index in [-0.39, 0.29) is 30.1 Å². The molecule has 0 saturated heterocycles. The molecule has 2 aromatic carbocycles. The van der Waals surface area contributed by atoms with Crippen LogP contribution in [0, 0.1) is 11.6 Å². The van der Waals surface area contributed by atoms with Gasteiger partial charge in [-0.3, -0.25) is 4.72 Å². The Bertz CT molecular complexity index is 961. The molecule has 6 nitrogen and oxygen atoms in total. The molecular weight excluding hydrogens is 400 g/mol. The van der Waals surface area contributed by atoms with Gasteiger partial charge in [0.25, 0.3) is 0 Å². The number of ether oxygens (including phenoxy) is 1. The number of sulfonamides is 1. The summed E-state index contributed by atoms with van der Waals surface area (Å²) in [5, 5.41) is 3.29. The summed E-state index contributed by atoms with van der Waals surface area (Å²) in [6.45, 7) is 0.248. The smallest absolute Gasteiger partial charge is 0.229 e. The number of anilines is 1. The number of halogens is 2. The molecule has 29 heavy (non-hydrogen) atoms. The second-order valence-corrected chi connectivity index (χ2v) is 9.09. The largest absolute Gasteiger partial charge is 0.451 e. The van der Waals surface area contributed by atoms with Crippen LogP contribution in [0.25, 0.3) is 0 Å². The maximum absolute atomic E-state index is 14.9. The van der Waals surface area contributed by atoms with E-state index in [1.807, 2.05) is 0 Å². The van der Waals surface area contributed by atoms with Gasteiger partial charge in [0.05, 0.1) is 11.9 Å². The topological polar surface area (TPSA) is 93.5 Å². The first-order valence-electron chi connectivity index (χ1n) is 9.43. The minimum absolute atomic E-state index is 0.114. The highest BCUT2D eigenvalue weighted by atomic mass is 32.2. The minimum atomic E-state index is -3.48. The van der Waals surface area contributed by atoms with Crippen molar-refractivity contribution in [2.24, 2.45) is 5.73 Å². The first kappa shape index (κ1) is 21.5. The monoisotopic (exact) mass is 425 g/mol. The van der Waals surface area contributed by atoms with E-state index < -0.39 is 27.4 Å². The lowest BCUT2D eigenvalue weighted by atomic mass is 9.92. The summed E-state index contributed by atoms with van der Waals surface area (Å²) in [6.07, 6.45) is 4.71. The average Bonchev–Trinajstić information content (AvgIpc) is 2.65. The zero-order valence-electron chi connectivity index (χ0n) is 16.1. The van der Waals surface area contributed by atoms with Crippen molar-refractivity contribution < 1.29 is 21.9 Å². The quantitative estimate of drug-likeness (QED) is 0.631. The first-order chi connectivity index (χ1) is 13.7. The van der Waals surface area contributed by atoms with E-state index in [1.165, 1.54) is 30.3 Å². The third-order valence-electron chi connectivity index (χ3n) is 4.84. The molecule has 0 radical (unpaired) electrons. The predicted molar refractivity (Wildman–Crippen MR) is 108 cm³/mol. The Morgan fingerprint density at radius 3 is 2.55 bits per heavy atom. The third-order valence-corrected chi connectivity index (χ3v) is 5.45. The van der Waals surface area contributed by atoms with Gasteiger partial charge in [-0.25, -0.2) is 17.2 Å². The second-order valence-electron chi connectivity index (χ2n) is 7.35. The van der Waals surface area contributed by atoms with Gasteiger partial charge in [-0.2, -0.15) is 0 Å². The van der Waals surface area contributed by atoms with Crippen LogP contribution in [0.3, 0.4) is 0 Å². The van der Waals surface area contributed by atoms with Gasteiger partial charge in [0.2, 0.25) is 10.0 Å². The SMILES string of the molecule is CS(=O)(=O)Nc1cccc(Oc2c(F)ccc(CN[C@H]3CC[C@@H](N)CC3)c2F)c1. The van der Waals surface area contributed by atoms with E-state index in [0.717, 1.165) is 38.0 Å². The summed E-state index contributed by atoms with van der Waals surface area (Å²) in [5.74, 6) is -2.03. The molecule has 1 saturated carbocycles. The van der Waals surface area contributed by atoms with E-state index >= 15 is 0 Å². The van der Waals surface area contributed by atoms with Crippen molar-refractivity contribution in [3.63, 3.8) is 0 Å². The van der Waals surface area contributed by atoms with Crippen LogP contribution in [0.5, 0.6) is 11.5 Å². The number of nitrogens with one attached hydrogen (secondary N) is 2. The molecule has 0 amide bonds. The van der Waals surface area contributed by atoms with E-state index in [4.69, 9.17) is 10.5 Å². The van der Waals surface area contributed by atoms with Gasteiger partial charge in [0.1, 0.15) is 5.75 Å². The normalized spacial score (nSPS) is 19.7. The standard InChI is InChI=1S/C20H25F2N3O3S/c1-29(26,27)25-16-3-2-4-17(11-16)28-20-18(21)10-5-13(19(20)22)12-24-15-8-6-14(23)7-9-15/h2-5,10-11,14-15,24-25H,6-9,12,23H2,1H3/t14-,15+. The summed E-state index contributed by atoms with van der Waals surface area (Å²) >= 11 is 0. The molecule has 1 aliphatic carbocycles. The van der Waals surface area contributed by atoms with Crippen molar-refractivity contribution in [1.82, 2.24) is 5.32 Å². The molecule has 158 valence electrons. The van der Waals surface area contributed by atoms with Gasteiger partial charge in [0, 0.05) is 30.3 Å². The van der Waals surface area contributed by atoms with Gasteiger partial charge in [-0.05, 0) is 43.9 Å². The van der Waals surface area contributed by atoms with Crippen LogP contribution in [0.2, 0.25) is 0 Å². The number of hydrogen-bond donors (Lipinski definition) is 3. The Morgan fingerprint density at radius 1 is 1.14 bits per heavy atom. The van der Waals surface area contributed by atoms with E-state index in [2.05, 4.69) is 10.0 Å². The summed E-state index contributed by atoms with van der Waals surface area (Å²) in [6, 6.07) is 8.91. The molecule has 0 bridgehead atoms. The van der Waals surface area contributed by atoms with Gasteiger partial charge in [-0.1, -0.05) is 12.1 Å². The number of benzene rings is 2. The molecule has 0 aromatic heterocycles. The highest BCUT2D eigenvalue weighted by Gasteiger charge is 2.20. The lowest BCUT2D eigenvalue weighted by Crippen LogP contribution is -2.37. The molecule has 1 fully saturated rings. The van der Waals surface area contributed by atoms with Crippen molar-refractivity contribution in [1.29, 1.82) is 0 Å². The molecule has 0 spiro atoms. The molecule has 2 aromatic rings. The van der Waals surface area contributed by atoms with E-state index in [0.29, 0.717) is 5.56 Å². The van der Waals surface area contributed by atoms with Crippen molar-refractivity contribution >= 4 is 15.7 Å². The van der Waals surface area contributed by atoms with Crippen LogP contribution < -0.4 is 20.5 Å². The number of rotatable bonds is 7. The van der Waals surface area contributed by atoms with Crippen LogP contribution in [-0.4, -0.2) is 26.8 Å². The van der Waals surface area contributed by atoms with Crippen LogP contribution >= 0.6 is 0 Å². The minimum Gasteiger partial charge on any atom is -0.451 e. The van der Waals surface area contributed by atoms with Crippen molar-refractivity contribution in [3.8, 4) is 11.5 Å². The Kier molecular flexibility index (Phi) is 6.71. The zero-order valence-corrected chi connectivity index (χ0v) is 16.9. The van der Waals surface area contributed by atoms with Gasteiger partial charge >= 0.3 is 0 Å². The number of hydrogen-bond acceptors (Lipinski definition) is 5. The van der Waals surface area contributed by atoms with Crippen LogP contribution in [0.1, 0.15) is 31.2 Å². The summed E-state index contributed by atoms with van der Waals surface area (Å²) < 4.78 is 59.5. The lowest BCUT2D eigenvalue weighted by Gasteiger charge is -2.27. The Morgan fingerprint density at radius 2 is 1.86 bits per heavy atom. The predicted octanol–water partition coefficient (Wildman–Crippen LogP) is 3.49. The lowest BCUT2D eigenvalue weighted by molar-refractivity contribution is 0.338. The van der Waals surface area contributed by atoms with Crippen LogP contribution in [-0.2, 0) is 16.6 Å². The molecule has 4 N–H and O–H groups in total. The van der Waals surface area contributed by atoms with Crippen LogP contribution in [0.4, 0.5) is 14.5 Å². The average molecular weight is 426 g/mol. The van der Waals surface area contributed by atoms with E-state index in [1.54, 1.807) is 0 Å². The van der Waals surface area contributed by atoms with Crippen LogP contribution in [0.15, 0.2) is 36.4 Å². The van der Waals surface area contributed by atoms with Crippen molar-refractivity contribution in [2.75, 3.05) is 11.0 Å². The molecule has 0 unspecified atom stereocenters. The molecular formula is C20H25F2N3O3S. The Labute approximate surface area is 169 Å². The first-order valence-corrected chi connectivity index (χ1v) is 11.3. The number of nitrogens with two attached hydrogens (primary N) is 1. The van der Waals surface area contributed by atoms with Crippen molar-refractivity contribution in [3.05, 3.63) is 53.6 Å². The summed E-state index contributed by atoms with van der Waals surface area (Å²) in [7, 11) is -3.48. The molecule has 0 heterocycles. The Balaban J connectivity index is 1.73. The molecule has 9 heteroatoms. The highest BCUT2D eigenvalue weighted by molar-refractivity contribution is 7.92.